The Bertz CT molecular complexity index is 794. The minimum Gasteiger partial charge on any atom is -0.337 e. The number of fused-ring (bicyclic) bond motifs is 1. The van der Waals surface area contributed by atoms with E-state index in [4.69, 9.17) is 11.6 Å². The largest absolute Gasteiger partial charge is 0.337 e. The van der Waals surface area contributed by atoms with E-state index in [9.17, 15) is 0 Å². The van der Waals surface area contributed by atoms with Crippen molar-refractivity contribution < 1.29 is 0 Å². The van der Waals surface area contributed by atoms with Gasteiger partial charge >= 0.3 is 0 Å². The van der Waals surface area contributed by atoms with Gasteiger partial charge in [-0.2, -0.15) is 4.98 Å². The molecule has 0 amide bonds. The summed E-state index contributed by atoms with van der Waals surface area (Å²) in [4.78, 5) is 12.5. The zero-order valence-electron chi connectivity index (χ0n) is 9.94. The Hall–Kier alpha value is -1.24. The SMILES string of the molecule is Clc1ncc(Br)c(Nc2cccc3cc(Br)cnc23)n1. The lowest BCUT2D eigenvalue weighted by Gasteiger charge is -2.10. The summed E-state index contributed by atoms with van der Waals surface area (Å²) in [5.74, 6) is 0.599. The average Bonchev–Trinajstić information content (AvgIpc) is 2.43. The zero-order chi connectivity index (χ0) is 14.1. The van der Waals surface area contributed by atoms with Crippen molar-refractivity contribution in [1.82, 2.24) is 15.0 Å². The Morgan fingerprint density at radius 2 is 1.95 bits per heavy atom. The van der Waals surface area contributed by atoms with E-state index in [0.717, 1.165) is 25.5 Å². The Labute approximate surface area is 136 Å². The molecule has 2 aromatic heterocycles. The molecule has 2 heterocycles. The monoisotopic (exact) mass is 412 g/mol. The maximum Gasteiger partial charge on any atom is 0.224 e. The van der Waals surface area contributed by atoms with Crippen molar-refractivity contribution in [3.05, 3.63) is 50.9 Å². The fourth-order valence-corrected chi connectivity index (χ4v) is 2.57. The molecule has 4 nitrogen and oxygen atoms in total. The number of pyridine rings is 1. The standard InChI is InChI=1S/C13H7Br2ClN4/c14-8-4-7-2-1-3-10(11(7)17-5-8)19-12-9(15)6-18-13(16)20-12/h1-6H,(H,18,19,20). The average molecular weight is 414 g/mol. The molecule has 0 unspecified atom stereocenters. The first-order valence-electron chi connectivity index (χ1n) is 5.63. The summed E-state index contributed by atoms with van der Waals surface area (Å²) in [6.07, 6.45) is 3.36. The highest BCUT2D eigenvalue weighted by Crippen LogP contribution is 2.29. The lowest BCUT2D eigenvalue weighted by molar-refractivity contribution is 1.15. The number of para-hydroxylation sites is 1. The van der Waals surface area contributed by atoms with E-state index in [2.05, 4.69) is 52.1 Å². The van der Waals surface area contributed by atoms with E-state index in [1.165, 1.54) is 0 Å². The molecule has 20 heavy (non-hydrogen) atoms. The number of halogens is 3. The maximum atomic E-state index is 5.82. The molecule has 1 aromatic carbocycles. The van der Waals surface area contributed by atoms with Crippen LogP contribution >= 0.6 is 43.5 Å². The number of hydrogen-bond acceptors (Lipinski definition) is 4. The maximum absolute atomic E-state index is 5.82. The number of rotatable bonds is 2. The minimum absolute atomic E-state index is 0.187. The summed E-state index contributed by atoms with van der Waals surface area (Å²) in [5, 5.41) is 4.43. The topological polar surface area (TPSA) is 50.7 Å². The first-order chi connectivity index (χ1) is 9.63. The van der Waals surface area contributed by atoms with Crippen molar-refractivity contribution in [1.29, 1.82) is 0 Å². The Balaban J connectivity index is 2.09. The van der Waals surface area contributed by atoms with Crippen LogP contribution in [0.2, 0.25) is 5.28 Å². The van der Waals surface area contributed by atoms with Gasteiger partial charge < -0.3 is 5.32 Å². The zero-order valence-corrected chi connectivity index (χ0v) is 13.9. The molecule has 3 rings (SSSR count). The van der Waals surface area contributed by atoms with Gasteiger partial charge in [0.2, 0.25) is 5.28 Å². The van der Waals surface area contributed by atoms with Crippen molar-refractivity contribution in [2.24, 2.45) is 0 Å². The second-order valence-electron chi connectivity index (χ2n) is 3.99. The van der Waals surface area contributed by atoms with Crippen LogP contribution < -0.4 is 5.32 Å². The second kappa shape index (κ2) is 5.63. The van der Waals surface area contributed by atoms with Gasteiger partial charge in [0, 0.05) is 22.3 Å². The smallest absolute Gasteiger partial charge is 0.224 e. The van der Waals surface area contributed by atoms with Crippen LogP contribution in [0, 0.1) is 0 Å². The van der Waals surface area contributed by atoms with Gasteiger partial charge in [0.25, 0.3) is 0 Å². The number of benzene rings is 1. The Morgan fingerprint density at radius 1 is 1.10 bits per heavy atom. The number of nitrogens with one attached hydrogen (secondary N) is 1. The Kier molecular flexibility index (Phi) is 3.87. The third kappa shape index (κ3) is 2.77. The summed E-state index contributed by atoms with van der Waals surface area (Å²) in [6, 6.07) is 7.90. The molecule has 0 aliphatic heterocycles. The first-order valence-corrected chi connectivity index (χ1v) is 7.59. The summed E-state index contributed by atoms with van der Waals surface area (Å²) < 4.78 is 1.67. The Morgan fingerprint density at radius 3 is 2.80 bits per heavy atom. The van der Waals surface area contributed by atoms with E-state index >= 15 is 0 Å². The van der Waals surface area contributed by atoms with Crippen LogP contribution in [0.25, 0.3) is 10.9 Å². The van der Waals surface area contributed by atoms with Crippen molar-refractivity contribution in [2.75, 3.05) is 5.32 Å². The van der Waals surface area contributed by atoms with Crippen molar-refractivity contribution in [3.8, 4) is 0 Å². The molecule has 0 aliphatic carbocycles. The van der Waals surface area contributed by atoms with Gasteiger partial charge in [-0.15, -0.1) is 0 Å². The second-order valence-corrected chi connectivity index (χ2v) is 6.10. The van der Waals surface area contributed by atoms with E-state index < -0.39 is 0 Å². The number of nitrogens with zero attached hydrogens (tertiary/aromatic N) is 3. The number of hydrogen-bond donors (Lipinski definition) is 1. The molecule has 0 saturated heterocycles. The van der Waals surface area contributed by atoms with Gasteiger partial charge in [-0.25, -0.2) is 4.98 Å². The summed E-state index contributed by atoms with van der Waals surface area (Å²) in [5.41, 5.74) is 1.71. The van der Waals surface area contributed by atoms with Crippen LogP contribution in [0.4, 0.5) is 11.5 Å². The van der Waals surface area contributed by atoms with E-state index in [1.807, 2.05) is 24.3 Å². The molecule has 7 heteroatoms. The lowest BCUT2D eigenvalue weighted by atomic mass is 10.2. The van der Waals surface area contributed by atoms with Crippen LogP contribution in [0.5, 0.6) is 0 Å². The molecule has 0 bridgehead atoms. The van der Waals surface area contributed by atoms with Crippen LogP contribution in [-0.4, -0.2) is 15.0 Å². The van der Waals surface area contributed by atoms with Crippen molar-refractivity contribution in [3.63, 3.8) is 0 Å². The fraction of sp³-hybridized carbons (Fsp3) is 0. The molecule has 0 radical (unpaired) electrons. The molecular formula is C13H7Br2ClN4. The summed E-state index contributed by atoms with van der Waals surface area (Å²) in [6.45, 7) is 0. The first kappa shape index (κ1) is 13.7. The molecule has 0 fully saturated rings. The quantitative estimate of drug-likeness (QED) is 0.603. The molecule has 0 spiro atoms. The van der Waals surface area contributed by atoms with Crippen LogP contribution in [0.15, 0.2) is 45.6 Å². The van der Waals surface area contributed by atoms with Gasteiger partial charge in [-0.05, 0) is 55.6 Å². The van der Waals surface area contributed by atoms with Gasteiger partial charge in [-0.1, -0.05) is 12.1 Å². The minimum atomic E-state index is 0.187. The molecule has 0 atom stereocenters. The molecule has 0 aliphatic rings. The molecule has 1 N–H and O–H groups in total. The van der Waals surface area contributed by atoms with Gasteiger partial charge in [-0.3, -0.25) is 4.98 Å². The van der Waals surface area contributed by atoms with Gasteiger partial charge in [0.05, 0.1) is 15.7 Å². The highest BCUT2D eigenvalue weighted by molar-refractivity contribution is 9.10. The van der Waals surface area contributed by atoms with Crippen molar-refractivity contribution >= 4 is 65.9 Å². The third-order valence-corrected chi connectivity index (χ3v) is 3.84. The van der Waals surface area contributed by atoms with E-state index in [1.54, 1.807) is 12.4 Å². The predicted octanol–water partition coefficient (Wildman–Crippen LogP) is 4.95. The van der Waals surface area contributed by atoms with Gasteiger partial charge in [0.1, 0.15) is 5.82 Å². The number of anilines is 2. The highest BCUT2D eigenvalue weighted by atomic mass is 79.9. The van der Waals surface area contributed by atoms with Crippen LogP contribution in [-0.2, 0) is 0 Å². The third-order valence-electron chi connectivity index (χ3n) is 2.65. The van der Waals surface area contributed by atoms with Crippen LogP contribution in [0.3, 0.4) is 0 Å². The van der Waals surface area contributed by atoms with E-state index in [0.29, 0.717) is 5.82 Å². The predicted molar refractivity (Wildman–Crippen MR) is 87.5 cm³/mol. The fourth-order valence-electron chi connectivity index (χ4n) is 1.80. The molecular weight excluding hydrogens is 407 g/mol. The molecule has 100 valence electrons. The highest BCUT2D eigenvalue weighted by Gasteiger charge is 2.08. The number of aromatic nitrogens is 3. The summed E-state index contributed by atoms with van der Waals surface area (Å²) >= 11 is 12.6. The normalized spacial score (nSPS) is 10.8. The van der Waals surface area contributed by atoms with E-state index in [-0.39, 0.29) is 5.28 Å². The molecule has 0 saturated carbocycles. The van der Waals surface area contributed by atoms with Crippen molar-refractivity contribution in [2.45, 2.75) is 0 Å². The van der Waals surface area contributed by atoms with Gasteiger partial charge in [0.15, 0.2) is 0 Å². The lowest BCUT2D eigenvalue weighted by Crippen LogP contribution is -1.98. The molecule has 3 aromatic rings. The summed E-state index contributed by atoms with van der Waals surface area (Å²) in [7, 11) is 0. The van der Waals surface area contributed by atoms with Crippen LogP contribution in [0.1, 0.15) is 0 Å².